The highest BCUT2D eigenvalue weighted by Gasteiger charge is 2.09. The second-order valence-corrected chi connectivity index (χ2v) is 5.30. The summed E-state index contributed by atoms with van der Waals surface area (Å²) in [6.07, 6.45) is -0.556. The molecule has 0 bridgehead atoms. The molecular weight excluding hydrogens is 335 g/mol. The highest BCUT2D eigenvalue weighted by molar-refractivity contribution is 9.10. The molecule has 2 nitrogen and oxygen atoms in total. The number of aliphatic hydroxyl groups excluding tert-OH is 1. The number of hydrogen-bond acceptors (Lipinski definition) is 2. The van der Waals surface area contributed by atoms with Gasteiger partial charge in [0, 0.05) is 0 Å². The highest BCUT2D eigenvalue weighted by atomic mass is 79.9. The Balaban J connectivity index is 2.28. The van der Waals surface area contributed by atoms with Crippen molar-refractivity contribution in [3.63, 3.8) is 0 Å². The van der Waals surface area contributed by atoms with Crippen LogP contribution in [0.15, 0.2) is 40.9 Å². The van der Waals surface area contributed by atoms with Crippen LogP contribution in [0.5, 0.6) is 11.5 Å². The summed E-state index contributed by atoms with van der Waals surface area (Å²) < 4.78 is 19.2. The van der Waals surface area contributed by atoms with Crippen molar-refractivity contribution in [2.75, 3.05) is 0 Å². The summed E-state index contributed by atoms with van der Waals surface area (Å²) in [7, 11) is 0. The van der Waals surface area contributed by atoms with Crippen LogP contribution >= 0.6 is 27.5 Å². The van der Waals surface area contributed by atoms with E-state index in [1.165, 1.54) is 18.2 Å². The third-order valence-corrected chi connectivity index (χ3v) is 3.47. The van der Waals surface area contributed by atoms with Crippen LogP contribution in [0.4, 0.5) is 4.39 Å². The van der Waals surface area contributed by atoms with E-state index >= 15 is 0 Å². The van der Waals surface area contributed by atoms with Gasteiger partial charge in [-0.15, -0.1) is 0 Å². The van der Waals surface area contributed by atoms with E-state index < -0.39 is 11.9 Å². The van der Waals surface area contributed by atoms with E-state index in [0.717, 1.165) is 5.56 Å². The molecule has 100 valence electrons. The Morgan fingerprint density at radius 2 is 1.89 bits per heavy atom. The number of benzene rings is 2. The van der Waals surface area contributed by atoms with Crippen molar-refractivity contribution in [1.82, 2.24) is 0 Å². The number of halogens is 3. The Morgan fingerprint density at radius 3 is 2.47 bits per heavy atom. The van der Waals surface area contributed by atoms with Crippen LogP contribution in [0.2, 0.25) is 5.02 Å². The topological polar surface area (TPSA) is 29.5 Å². The quantitative estimate of drug-likeness (QED) is 0.840. The molecule has 2 aromatic rings. The molecule has 2 aromatic carbocycles. The Labute approximate surface area is 123 Å². The molecule has 0 aliphatic rings. The van der Waals surface area contributed by atoms with Crippen molar-refractivity contribution in [3.8, 4) is 11.5 Å². The molecule has 0 amide bonds. The van der Waals surface area contributed by atoms with Gasteiger partial charge in [-0.3, -0.25) is 0 Å². The maximum absolute atomic E-state index is 12.9. The van der Waals surface area contributed by atoms with Crippen molar-refractivity contribution >= 4 is 27.5 Å². The average molecular weight is 346 g/mol. The van der Waals surface area contributed by atoms with E-state index in [4.69, 9.17) is 16.3 Å². The first-order valence-corrected chi connectivity index (χ1v) is 6.75. The first-order chi connectivity index (χ1) is 8.97. The standard InChI is InChI=1S/C14H11BrClFO2/c1-8(18)9-2-4-13(11(15)6-9)19-14-5-3-10(17)7-12(14)16/h2-8,18H,1H3. The van der Waals surface area contributed by atoms with E-state index in [2.05, 4.69) is 15.9 Å². The summed E-state index contributed by atoms with van der Waals surface area (Å²) in [5.41, 5.74) is 0.768. The molecule has 0 radical (unpaired) electrons. The summed E-state index contributed by atoms with van der Waals surface area (Å²) in [6.45, 7) is 1.68. The summed E-state index contributed by atoms with van der Waals surface area (Å²) in [6, 6.07) is 9.16. The largest absolute Gasteiger partial charge is 0.455 e. The van der Waals surface area contributed by atoms with Crippen molar-refractivity contribution in [1.29, 1.82) is 0 Å². The number of rotatable bonds is 3. The second-order valence-electron chi connectivity index (χ2n) is 4.04. The first-order valence-electron chi connectivity index (χ1n) is 5.58. The van der Waals surface area contributed by atoms with Crippen LogP contribution in [0.1, 0.15) is 18.6 Å². The molecule has 0 spiro atoms. The zero-order valence-electron chi connectivity index (χ0n) is 10.0. The fourth-order valence-corrected chi connectivity index (χ4v) is 2.22. The molecule has 0 aromatic heterocycles. The third-order valence-electron chi connectivity index (χ3n) is 2.55. The van der Waals surface area contributed by atoms with Gasteiger partial charge in [-0.25, -0.2) is 4.39 Å². The van der Waals surface area contributed by atoms with Crippen molar-refractivity contribution in [2.24, 2.45) is 0 Å². The van der Waals surface area contributed by atoms with Crippen molar-refractivity contribution in [3.05, 3.63) is 57.3 Å². The van der Waals surface area contributed by atoms with Gasteiger partial charge in [0.15, 0.2) is 0 Å². The summed E-state index contributed by atoms with van der Waals surface area (Å²) in [5, 5.41) is 9.68. The lowest BCUT2D eigenvalue weighted by Crippen LogP contribution is -1.93. The number of ether oxygens (including phenoxy) is 1. The normalized spacial score (nSPS) is 12.3. The molecule has 1 N–H and O–H groups in total. The van der Waals surface area contributed by atoms with Crippen molar-refractivity contribution < 1.29 is 14.2 Å². The highest BCUT2D eigenvalue weighted by Crippen LogP contribution is 2.35. The summed E-state index contributed by atoms with van der Waals surface area (Å²) >= 11 is 9.25. The zero-order chi connectivity index (χ0) is 14.0. The lowest BCUT2D eigenvalue weighted by Gasteiger charge is -2.11. The Kier molecular flexibility index (Phi) is 4.45. The Hall–Kier alpha value is -1.10. The van der Waals surface area contributed by atoms with Crippen LogP contribution in [0.25, 0.3) is 0 Å². The van der Waals surface area contributed by atoms with Crippen LogP contribution in [0, 0.1) is 5.82 Å². The van der Waals surface area contributed by atoms with E-state index in [1.54, 1.807) is 25.1 Å². The maximum Gasteiger partial charge on any atom is 0.146 e. The molecule has 0 heterocycles. The average Bonchev–Trinajstić information content (AvgIpc) is 2.34. The van der Waals surface area contributed by atoms with Gasteiger partial charge in [-0.2, -0.15) is 0 Å². The Morgan fingerprint density at radius 1 is 1.21 bits per heavy atom. The molecule has 0 fully saturated rings. The molecular formula is C14H11BrClFO2. The number of hydrogen-bond donors (Lipinski definition) is 1. The smallest absolute Gasteiger partial charge is 0.146 e. The second kappa shape index (κ2) is 5.90. The third kappa shape index (κ3) is 3.47. The lowest BCUT2D eigenvalue weighted by atomic mass is 10.1. The van der Waals surface area contributed by atoms with Gasteiger partial charge in [-0.1, -0.05) is 17.7 Å². The van der Waals surface area contributed by atoms with Gasteiger partial charge in [0.05, 0.1) is 15.6 Å². The van der Waals surface area contributed by atoms with Crippen LogP contribution in [0.3, 0.4) is 0 Å². The minimum Gasteiger partial charge on any atom is -0.455 e. The van der Waals surface area contributed by atoms with Crippen LogP contribution in [-0.4, -0.2) is 5.11 Å². The van der Waals surface area contributed by atoms with Gasteiger partial charge in [0.2, 0.25) is 0 Å². The van der Waals surface area contributed by atoms with Crippen molar-refractivity contribution in [2.45, 2.75) is 13.0 Å². The summed E-state index contributed by atoms with van der Waals surface area (Å²) in [4.78, 5) is 0. The molecule has 0 aliphatic heterocycles. The number of aliphatic hydroxyl groups is 1. The fourth-order valence-electron chi connectivity index (χ4n) is 1.54. The van der Waals surface area contributed by atoms with E-state index in [0.29, 0.717) is 16.0 Å². The van der Waals surface area contributed by atoms with Crippen LogP contribution < -0.4 is 4.74 Å². The van der Waals surface area contributed by atoms with Crippen LogP contribution in [-0.2, 0) is 0 Å². The maximum atomic E-state index is 12.9. The minimum atomic E-state index is -0.556. The molecule has 2 rings (SSSR count). The molecule has 5 heteroatoms. The van der Waals surface area contributed by atoms with E-state index in [-0.39, 0.29) is 5.02 Å². The molecule has 0 saturated heterocycles. The molecule has 19 heavy (non-hydrogen) atoms. The van der Waals surface area contributed by atoms with Gasteiger partial charge in [0.25, 0.3) is 0 Å². The predicted molar refractivity (Wildman–Crippen MR) is 76.3 cm³/mol. The van der Waals surface area contributed by atoms with Gasteiger partial charge in [0.1, 0.15) is 17.3 Å². The molecule has 1 unspecified atom stereocenters. The molecule has 1 atom stereocenters. The van der Waals surface area contributed by atoms with E-state index in [1.807, 2.05) is 0 Å². The lowest BCUT2D eigenvalue weighted by molar-refractivity contribution is 0.199. The predicted octanol–water partition coefficient (Wildman–Crippen LogP) is 5.09. The fraction of sp³-hybridized carbons (Fsp3) is 0.143. The summed E-state index contributed by atoms with van der Waals surface area (Å²) in [5.74, 6) is 0.493. The Bertz CT molecular complexity index is 602. The van der Waals surface area contributed by atoms with Gasteiger partial charge in [-0.05, 0) is 58.7 Å². The minimum absolute atomic E-state index is 0.200. The van der Waals surface area contributed by atoms with Gasteiger partial charge < -0.3 is 9.84 Å². The van der Waals surface area contributed by atoms with E-state index in [9.17, 15) is 9.50 Å². The zero-order valence-corrected chi connectivity index (χ0v) is 12.4. The monoisotopic (exact) mass is 344 g/mol. The van der Waals surface area contributed by atoms with Gasteiger partial charge >= 0.3 is 0 Å². The first kappa shape index (κ1) is 14.3. The SMILES string of the molecule is CC(O)c1ccc(Oc2ccc(F)cc2Cl)c(Br)c1. The molecule has 0 aliphatic carbocycles. The molecule has 0 saturated carbocycles.